The molecule has 0 radical (unpaired) electrons. The van der Waals surface area contributed by atoms with Crippen LogP contribution in [-0.2, 0) is 6.18 Å². The van der Waals surface area contributed by atoms with Gasteiger partial charge in [-0.1, -0.05) is 11.6 Å². The number of pyridine rings is 1. The quantitative estimate of drug-likeness (QED) is 0.576. The van der Waals surface area contributed by atoms with Gasteiger partial charge in [0, 0.05) is 23.8 Å². The number of nitrogens with one attached hydrogen (secondary N) is 2. The molecule has 2 N–H and O–H groups in total. The van der Waals surface area contributed by atoms with E-state index in [9.17, 15) is 22.8 Å². The Morgan fingerprint density at radius 3 is 2.41 bits per heavy atom. The molecular weight excluding hydrogens is 469 g/mol. The molecule has 0 bridgehead atoms. The van der Waals surface area contributed by atoms with Crippen LogP contribution in [0.1, 0.15) is 45.1 Å². The summed E-state index contributed by atoms with van der Waals surface area (Å²) in [6.07, 6.45) is -2.04. The SMILES string of the molecule is CNC(=O)c1ccc(-n2ncnc2[C@H](C)NC(=O)c2cc(Cl)cc(C(F)(F)F)c2)nc1.S. The summed E-state index contributed by atoms with van der Waals surface area (Å²) < 4.78 is 40.3. The second-order valence-corrected chi connectivity index (χ2v) is 6.87. The fourth-order valence-electron chi connectivity index (χ4n) is 2.74. The van der Waals surface area contributed by atoms with Crippen molar-refractivity contribution in [2.75, 3.05) is 7.05 Å². The smallest absolute Gasteiger partial charge is 0.355 e. The molecule has 0 saturated carbocycles. The Labute approximate surface area is 192 Å². The van der Waals surface area contributed by atoms with Gasteiger partial charge >= 0.3 is 6.18 Å². The zero-order valence-corrected chi connectivity index (χ0v) is 18.5. The summed E-state index contributed by atoms with van der Waals surface area (Å²) in [7, 11) is 1.49. The van der Waals surface area contributed by atoms with E-state index in [0.717, 1.165) is 18.2 Å². The third-order valence-electron chi connectivity index (χ3n) is 4.25. The zero-order chi connectivity index (χ0) is 22.8. The van der Waals surface area contributed by atoms with Gasteiger partial charge in [0.1, 0.15) is 6.33 Å². The Balaban J connectivity index is 0.00000363. The molecule has 3 aromatic rings. The molecule has 0 fully saturated rings. The van der Waals surface area contributed by atoms with Crippen LogP contribution in [-0.4, -0.2) is 38.6 Å². The van der Waals surface area contributed by atoms with Gasteiger partial charge in [0.25, 0.3) is 11.8 Å². The Morgan fingerprint density at radius 1 is 1.09 bits per heavy atom. The summed E-state index contributed by atoms with van der Waals surface area (Å²) in [6.45, 7) is 1.59. The minimum atomic E-state index is -4.64. The van der Waals surface area contributed by atoms with E-state index >= 15 is 0 Å². The maximum atomic E-state index is 13.0. The van der Waals surface area contributed by atoms with Crippen molar-refractivity contribution >= 4 is 36.9 Å². The summed E-state index contributed by atoms with van der Waals surface area (Å²) in [5.74, 6) is -0.453. The van der Waals surface area contributed by atoms with Crippen LogP contribution in [0.25, 0.3) is 5.82 Å². The number of alkyl halides is 3. The molecule has 2 aromatic heterocycles. The second-order valence-electron chi connectivity index (χ2n) is 6.44. The van der Waals surface area contributed by atoms with Gasteiger partial charge in [-0.25, -0.2) is 9.97 Å². The molecule has 0 saturated heterocycles. The van der Waals surface area contributed by atoms with Gasteiger partial charge in [0.15, 0.2) is 11.6 Å². The Kier molecular flexibility index (Phi) is 7.86. The molecular formula is C19H18ClF3N6O2S. The molecule has 1 atom stereocenters. The first-order chi connectivity index (χ1) is 14.6. The number of amides is 2. The third-order valence-corrected chi connectivity index (χ3v) is 4.47. The highest BCUT2D eigenvalue weighted by Gasteiger charge is 2.32. The van der Waals surface area contributed by atoms with Crippen molar-refractivity contribution in [2.45, 2.75) is 19.1 Å². The molecule has 1 aromatic carbocycles. The summed E-state index contributed by atoms with van der Waals surface area (Å²) >= 11 is 5.74. The van der Waals surface area contributed by atoms with Gasteiger partial charge in [0.2, 0.25) is 0 Å². The van der Waals surface area contributed by atoms with Crippen molar-refractivity contribution in [1.82, 2.24) is 30.4 Å². The number of carbonyl (C=O) groups is 2. The van der Waals surface area contributed by atoms with Gasteiger partial charge in [-0.3, -0.25) is 9.59 Å². The van der Waals surface area contributed by atoms with E-state index in [1.807, 2.05) is 0 Å². The molecule has 0 unspecified atom stereocenters. The molecule has 0 aliphatic carbocycles. The first-order valence-electron chi connectivity index (χ1n) is 8.87. The summed E-state index contributed by atoms with van der Waals surface area (Å²) in [4.78, 5) is 32.4. The van der Waals surface area contributed by atoms with Crippen molar-refractivity contribution < 1.29 is 22.8 Å². The number of rotatable bonds is 5. The largest absolute Gasteiger partial charge is 0.416 e. The Hall–Kier alpha value is -3.12. The lowest BCUT2D eigenvalue weighted by Gasteiger charge is -2.15. The number of hydrogen-bond donors (Lipinski definition) is 2. The number of hydrogen-bond acceptors (Lipinski definition) is 5. The van der Waals surface area contributed by atoms with E-state index in [4.69, 9.17) is 11.6 Å². The van der Waals surface area contributed by atoms with Crippen LogP contribution in [0.5, 0.6) is 0 Å². The maximum Gasteiger partial charge on any atom is 0.416 e. The highest BCUT2D eigenvalue weighted by Crippen LogP contribution is 2.32. The predicted molar refractivity (Wildman–Crippen MR) is 115 cm³/mol. The molecule has 2 amide bonds. The number of aromatic nitrogens is 4. The van der Waals surface area contributed by atoms with E-state index in [1.165, 1.54) is 24.3 Å². The first-order valence-corrected chi connectivity index (χ1v) is 9.25. The van der Waals surface area contributed by atoms with Crippen molar-refractivity contribution in [1.29, 1.82) is 0 Å². The Bertz CT molecular complexity index is 1120. The van der Waals surface area contributed by atoms with Crippen LogP contribution in [0.15, 0.2) is 42.9 Å². The van der Waals surface area contributed by atoms with Crippen LogP contribution >= 0.6 is 25.1 Å². The highest BCUT2D eigenvalue weighted by molar-refractivity contribution is 7.59. The lowest BCUT2D eigenvalue weighted by atomic mass is 10.1. The topological polar surface area (TPSA) is 102 Å². The van der Waals surface area contributed by atoms with Gasteiger partial charge in [0.05, 0.1) is 17.2 Å². The molecule has 2 heterocycles. The number of benzene rings is 1. The van der Waals surface area contributed by atoms with Crippen LogP contribution < -0.4 is 10.6 Å². The van der Waals surface area contributed by atoms with Gasteiger partial charge < -0.3 is 10.6 Å². The normalized spacial score (nSPS) is 11.9. The van der Waals surface area contributed by atoms with Crippen molar-refractivity contribution in [3.8, 4) is 5.82 Å². The van der Waals surface area contributed by atoms with E-state index < -0.39 is 23.7 Å². The fraction of sp³-hybridized carbons (Fsp3) is 0.211. The van der Waals surface area contributed by atoms with Crippen LogP contribution in [0.3, 0.4) is 0 Å². The van der Waals surface area contributed by atoms with Gasteiger partial charge in [-0.2, -0.15) is 36.4 Å². The molecule has 32 heavy (non-hydrogen) atoms. The monoisotopic (exact) mass is 486 g/mol. The van der Waals surface area contributed by atoms with E-state index in [0.29, 0.717) is 11.4 Å². The Morgan fingerprint density at radius 2 is 1.81 bits per heavy atom. The van der Waals surface area contributed by atoms with Gasteiger partial charge in [-0.05, 0) is 37.3 Å². The average Bonchev–Trinajstić information content (AvgIpc) is 3.22. The molecule has 0 aliphatic heterocycles. The predicted octanol–water partition coefficient (Wildman–Crippen LogP) is 3.30. The molecule has 3 rings (SSSR count). The number of carbonyl (C=O) groups excluding carboxylic acids is 2. The molecule has 0 spiro atoms. The third kappa shape index (κ3) is 5.56. The second kappa shape index (κ2) is 10.0. The van der Waals surface area contributed by atoms with Crippen LogP contribution in [0, 0.1) is 0 Å². The highest BCUT2D eigenvalue weighted by atomic mass is 35.5. The lowest BCUT2D eigenvalue weighted by molar-refractivity contribution is -0.137. The standard InChI is InChI=1S/C19H16ClF3N6O2.H2S/c1-10(28-18(31)12-5-13(19(21,22)23)7-14(20)6-12)16-26-9-27-29(16)15-4-3-11(8-25-15)17(30)24-2;/h3-10H,1-2H3,(H,24,30)(H,28,31);1H2/t10-;/m0./s1. The van der Waals surface area contributed by atoms with Crippen molar-refractivity contribution in [3.63, 3.8) is 0 Å². The summed E-state index contributed by atoms with van der Waals surface area (Å²) in [5.41, 5.74) is -0.928. The van der Waals surface area contributed by atoms with Crippen LogP contribution in [0.2, 0.25) is 5.02 Å². The number of nitrogens with zero attached hydrogens (tertiary/aromatic N) is 4. The minimum Gasteiger partial charge on any atom is -0.355 e. The minimum absolute atomic E-state index is 0. The van der Waals surface area contributed by atoms with Gasteiger partial charge in [-0.15, -0.1) is 0 Å². The van der Waals surface area contributed by atoms with Crippen LogP contribution in [0.4, 0.5) is 13.2 Å². The molecule has 8 nitrogen and oxygen atoms in total. The van der Waals surface area contributed by atoms with Crippen molar-refractivity contribution in [2.24, 2.45) is 0 Å². The fourth-order valence-corrected chi connectivity index (χ4v) is 2.98. The molecule has 170 valence electrons. The van der Waals surface area contributed by atoms with Crippen molar-refractivity contribution in [3.05, 3.63) is 70.4 Å². The zero-order valence-electron chi connectivity index (χ0n) is 16.7. The van der Waals surface area contributed by atoms with E-state index in [-0.39, 0.29) is 35.8 Å². The lowest BCUT2D eigenvalue weighted by Crippen LogP contribution is -2.29. The van der Waals surface area contributed by atoms with E-state index in [1.54, 1.807) is 19.1 Å². The molecule has 13 heteroatoms. The number of halogens is 4. The first kappa shape index (κ1) is 25.1. The molecule has 0 aliphatic rings. The summed E-state index contributed by atoms with van der Waals surface area (Å²) in [5, 5.41) is 8.90. The average molecular weight is 487 g/mol. The van der Waals surface area contributed by atoms with E-state index in [2.05, 4.69) is 25.7 Å². The maximum absolute atomic E-state index is 13.0. The summed E-state index contributed by atoms with van der Waals surface area (Å²) in [6, 6.07) is 4.96.